The fourth-order valence-corrected chi connectivity index (χ4v) is 3.28. The standard InChI is InChI=1S/C20H18BrN5O4/c1-11-12(2)18(9-8-17(11)21)25-20(28)16(13(3)24-25)10-22-23-19(27)14-4-6-15(7-5-14)26(29)30/h4-10,24H,1-3H3,(H,23,27). The van der Waals surface area contributed by atoms with Gasteiger partial charge in [-0.1, -0.05) is 15.9 Å². The first-order chi connectivity index (χ1) is 14.2. The van der Waals surface area contributed by atoms with E-state index in [4.69, 9.17) is 0 Å². The third-order valence-corrected chi connectivity index (χ3v) is 5.61. The molecule has 1 heterocycles. The highest BCUT2D eigenvalue weighted by atomic mass is 79.9. The lowest BCUT2D eigenvalue weighted by molar-refractivity contribution is -0.384. The van der Waals surface area contributed by atoms with Crippen molar-refractivity contribution < 1.29 is 9.72 Å². The Bertz CT molecular complexity index is 1230. The van der Waals surface area contributed by atoms with Gasteiger partial charge in [-0.2, -0.15) is 5.10 Å². The zero-order chi connectivity index (χ0) is 22.0. The van der Waals surface area contributed by atoms with E-state index >= 15 is 0 Å². The molecule has 0 saturated carbocycles. The zero-order valence-corrected chi connectivity index (χ0v) is 18.0. The van der Waals surface area contributed by atoms with Crippen LogP contribution >= 0.6 is 15.9 Å². The van der Waals surface area contributed by atoms with Crippen molar-refractivity contribution in [3.05, 3.63) is 89.3 Å². The fraction of sp³-hybridized carbons (Fsp3) is 0.150. The number of non-ortho nitro benzene ring substituents is 1. The van der Waals surface area contributed by atoms with Crippen LogP contribution in [0.4, 0.5) is 5.69 Å². The Balaban J connectivity index is 1.82. The largest absolute Gasteiger partial charge is 0.295 e. The van der Waals surface area contributed by atoms with Crippen LogP contribution in [0.5, 0.6) is 0 Å². The Morgan fingerprint density at radius 3 is 2.47 bits per heavy atom. The second kappa shape index (κ2) is 8.46. The van der Waals surface area contributed by atoms with Gasteiger partial charge < -0.3 is 0 Å². The first kappa shape index (κ1) is 21.2. The van der Waals surface area contributed by atoms with E-state index in [0.717, 1.165) is 21.3 Å². The number of aromatic amines is 1. The number of hydrazone groups is 1. The van der Waals surface area contributed by atoms with E-state index in [1.807, 2.05) is 26.0 Å². The maximum absolute atomic E-state index is 12.8. The molecule has 1 aromatic heterocycles. The summed E-state index contributed by atoms with van der Waals surface area (Å²) < 4.78 is 2.39. The summed E-state index contributed by atoms with van der Waals surface area (Å²) in [4.78, 5) is 35.1. The number of nitrogens with one attached hydrogen (secondary N) is 2. The van der Waals surface area contributed by atoms with Gasteiger partial charge in [0.2, 0.25) is 0 Å². The number of nitro groups is 1. The maximum Gasteiger partial charge on any atom is 0.280 e. The highest BCUT2D eigenvalue weighted by Gasteiger charge is 2.14. The van der Waals surface area contributed by atoms with Gasteiger partial charge in [-0.15, -0.1) is 0 Å². The lowest BCUT2D eigenvalue weighted by Crippen LogP contribution is -2.20. The van der Waals surface area contributed by atoms with Crippen LogP contribution in [0.2, 0.25) is 0 Å². The van der Waals surface area contributed by atoms with Crippen LogP contribution in [0.3, 0.4) is 0 Å². The SMILES string of the molecule is Cc1[nH]n(-c2ccc(Br)c(C)c2C)c(=O)c1C=NNC(=O)c1ccc([N+](=O)[O-])cc1. The molecule has 154 valence electrons. The number of benzene rings is 2. The average Bonchev–Trinajstić information content (AvgIpc) is 3.00. The molecule has 10 heteroatoms. The molecule has 0 atom stereocenters. The van der Waals surface area contributed by atoms with E-state index in [0.29, 0.717) is 11.3 Å². The van der Waals surface area contributed by atoms with Crippen molar-refractivity contribution in [2.45, 2.75) is 20.8 Å². The lowest BCUT2D eigenvalue weighted by Gasteiger charge is -2.10. The quantitative estimate of drug-likeness (QED) is 0.335. The van der Waals surface area contributed by atoms with Crippen LogP contribution in [-0.4, -0.2) is 26.8 Å². The van der Waals surface area contributed by atoms with Gasteiger partial charge in [0.1, 0.15) is 0 Å². The van der Waals surface area contributed by atoms with E-state index < -0.39 is 10.8 Å². The Kier molecular flexibility index (Phi) is 5.97. The molecule has 0 aliphatic heterocycles. The molecule has 9 nitrogen and oxygen atoms in total. The molecule has 2 aromatic carbocycles. The summed E-state index contributed by atoms with van der Waals surface area (Å²) in [6.45, 7) is 5.62. The molecule has 0 spiro atoms. The minimum Gasteiger partial charge on any atom is -0.295 e. The Morgan fingerprint density at radius 2 is 1.83 bits per heavy atom. The number of hydrogen-bond donors (Lipinski definition) is 2. The number of nitro benzene ring substituents is 1. The monoisotopic (exact) mass is 471 g/mol. The molecule has 0 fully saturated rings. The van der Waals surface area contributed by atoms with Crippen molar-refractivity contribution in [3.63, 3.8) is 0 Å². The van der Waals surface area contributed by atoms with E-state index in [1.54, 1.807) is 6.92 Å². The Labute approximate surface area is 179 Å². The summed E-state index contributed by atoms with van der Waals surface area (Å²) in [6.07, 6.45) is 1.27. The molecule has 30 heavy (non-hydrogen) atoms. The molecule has 1 amide bonds. The van der Waals surface area contributed by atoms with E-state index in [1.165, 1.54) is 35.2 Å². The zero-order valence-electron chi connectivity index (χ0n) is 16.4. The van der Waals surface area contributed by atoms with Gasteiger partial charge in [-0.25, -0.2) is 10.1 Å². The van der Waals surface area contributed by atoms with E-state index in [-0.39, 0.29) is 16.8 Å². The van der Waals surface area contributed by atoms with Crippen LogP contribution in [0.15, 0.2) is 50.8 Å². The van der Waals surface area contributed by atoms with Crippen molar-refractivity contribution in [3.8, 4) is 5.69 Å². The van der Waals surface area contributed by atoms with Crippen molar-refractivity contribution in [1.82, 2.24) is 15.2 Å². The first-order valence-electron chi connectivity index (χ1n) is 8.86. The van der Waals surface area contributed by atoms with Crippen LogP contribution in [0, 0.1) is 30.9 Å². The van der Waals surface area contributed by atoms with Crippen LogP contribution in [0.1, 0.15) is 32.7 Å². The minimum atomic E-state index is -0.547. The van der Waals surface area contributed by atoms with Gasteiger partial charge in [-0.3, -0.25) is 24.8 Å². The second-order valence-electron chi connectivity index (χ2n) is 6.61. The lowest BCUT2D eigenvalue weighted by atomic mass is 10.1. The number of nitrogens with zero attached hydrogens (tertiary/aromatic N) is 3. The summed E-state index contributed by atoms with van der Waals surface area (Å²) in [5, 5.41) is 17.6. The van der Waals surface area contributed by atoms with Gasteiger partial charge in [0, 0.05) is 27.9 Å². The number of aryl methyl sites for hydroxylation is 1. The molecule has 0 aliphatic carbocycles. The molecular formula is C20H18BrN5O4. The summed E-state index contributed by atoms with van der Waals surface area (Å²) in [7, 11) is 0. The molecule has 0 bridgehead atoms. The average molecular weight is 472 g/mol. The molecule has 0 aliphatic rings. The van der Waals surface area contributed by atoms with E-state index in [2.05, 4.69) is 31.6 Å². The van der Waals surface area contributed by atoms with Crippen molar-refractivity contribution in [2.24, 2.45) is 5.10 Å². The van der Waals surface area contributed by atoms with Crippen LogP contribution in [0.25, 0.3) is 5.69 Å². The van der Waals surface area contributed by atoms with Crippen LogP contribution in [-0.2, 0) is 0 Å². The number of aromatic nitrogens is 2. The third-order valence-electron chi connectivity index (χ3n) is 4.75. The van der Waals surface area contributed by atoms with Crippen molar-refractivity contribution in [1.29, 1.82) is 0 Å². The van der Waals surface area contributed by atoms with Gasteiger partial charge in [0.05, 0.1) is 22.4 Å². The molecule has 0 saturated heterocycles. The van der Waals surface area contributed by atoms with Crippen molar-refractivity contribution >= 4 is 33.7 Å². The first-order valence-corrected chi connectivity index (χ1v) is 9.65. The van der Waals surface area contributed by atoms with Gasteiger partial charge >= 0.3 is 0 Å². The maximum atomic E-state index is 12.8. The van der Waals surface area contributed by atoms with Crippen LogP contribution < -0.4 is 11.0 Å². The number of amides is 1. The number of carbonyl (C=O) groups is 1. The van der Waals surface area contributed by atoms with Gasteiger partial charge in [0.25, 0.3) is 17.2 Å². The summed E-state index contributed by atoms with van der Waals surface area (Å²) >= 11 is 3.48. The number of rotatable bonds is 5. The molecule has 2 N–H and O–H groups in total. The highest BCUT2D eigenvalue weighted by Crippen LogP contribution is 2.24. The normalized spacial score (nSPS) is 11.1. The predicted octanol–water partition coefficient (Wildman–Crippen LogP) is 3.53. The Morgan fingerprint density at radius 1 is 1.17 bits per heavy atom. The van der Waals surface area contributed by atoms with E-state index in [9.17, 15) is 19.7 Å². The number of halogens is 1. The van der Waals surface area contributed by atoms with Gasteiger partial charge in [-0.05, 0) is 56.2 Å². The van der Waals surface area contributed by atoms with Crippen molar-refractivity contribution in [2.75, 3.05) is 0 Å². The third kappa shape index (κ3) is 4.08. The number of hydrogen-bond acceptors (Lipinski definition) is 5. The van der Waals surface area contributed by atoms with Gasteiger partial charge in [0.15, 0.2) is 0 Å². The topological polar surface area (TPSA) is 122 Å². The Hall–Kier alpha value is -3.53. The second-order valence-corrected chi connectivity index (χ2v) is 7.46. The predicted molar refractivity (Wildman–Crippen MR) is 116 cm³/mol. The smallest absolute Gasteiger partial charge is 0.280 e. The molecule has 0 radical (unpaired) electrons. The number of H-pyrrole nitrogens is 1. The molecular weight excluding hydrogens is 454 g/mol. The number of carbonyl (C=O) groups excluding carboxylic acids is 1. The fourth-order valence-electron chi connectivity index (χ4n) is 2.85. The minimum absolute atomic E-state index is 0.114. The highest BCUT2D eigenvalue weighted by molar-refractivity contribution is 9.10. The molecule has 0 unspecified atom stereocenters. The summed E-state index contributed by atoms with van der Waals surface area (Å²) in [6, 6.07) is 8.83. The summed E-state index contributed by atoms with van der Waals surface area (Å²) in [5.41, 5.74) is 5.70. The summed E-state index contributed by atoms with van der Waals surface area (Å²) in [5.74, 6) is -0.547. The molecule has 3 rings (SSSR count). The molecule has 3 aromatic rings.